The summed E-state index contributed by atoms with van der Waals surface area (Å²) in [6, 6.07) is 6.02. The minimum absolute atomic E-state index is 0.132. The molecule has 5 heteroatoms. The van der Waals surface area contributed by atoms with E-state index < -0.39 is 5.09 Å². The molecule has 1 heterocycles. The van der Waals surface area contributed by atoms with Gasteiger partial charge in [-0.1, -0.05) is 26.8 Å². The van der Waals surface area contributed by atoms with Crippen molar-refractivity contribution in [3.05, 3.63) is 40.2 Å². The van der Waals surface area contributed by atoms with Gasteiger partial charge in [0.2, 0.25) is 0 Å². The molecule has 1 aromatic rings. The molecule has 0 atom stereocenters. The van der Waals surface area contributed by atoms with Gasteiger partial charge < -0.3 is 4.84 Å². The summed E-state index contributed by atoms with van der Waals surface area (Å²) in [5, 5.41) is 8.36. The van der Waals surface area contributed by atoms with Gasteiger partial charge >= 0.3 is 0 Å². The van der Waals surface area contributed by atoms with Gasteiger partial charge in [0.25, 0.3) is 5.09 Å². The van der Waals surface area contributed by atoms with Gasteiger partial charge in [0.05, 0.1) is 6.61 Å². The van der Waals surface area contributed by atoms with Crippen molar-refractivity contribution in [3.63, 3.8) is 0 Å². The van der Waals surface area contributed by atoms with Gasteiger partial charge in [-0.2, -0.15) is 0 Å². The van der Waals surface area contributed by atoms with E-state index in [0.717, 1.165) is 5.69 Å². The Morgan fingerprint density at radius 2 is 2.06 bits per heavy atom. The second-order valence-corrected chi connectivity index (χ2v) is 4.11. The van der Waals surface area contributed by atoms with Crippen molar-refractivity contribution in [2.24, 2.45) is 0 Å². The smallest absolute Gasteiger partial charge is 0.294 e. The summed E-state index contributed by atoms with van der Waals surface area (Å²) in [6.45, 7) is 8.18. The van der Waals surface area contributed by atoms with Crippen LogP contribution in [-0.4, -0.2) is 16.7 Å². The maximum atomic E-state index is 9.18. The maximum Gasteiger partial charge on any atom is 0.294 e. The van der Waals surface area contributed by atoms with E-state index in [1.54, 1.807) is 6.92 Å². The lowest BCUT2D eigenvalue weighted by Gasteiger charge is -2.16. The molecule has 0 aliphatic carbocycles. The molecule has 0 radical (unpaired) electrons. The van der Waals surface area contributed by atoms with E-state index in [2.05, 4.69) is 36.7 Å². The third-order valence-corrected chi connectivity index (χ3v) is 1.67. The molecular weight excluding hydrogens is 208 g/mol. The van der Waals surface area contributed by atoms with Gasteiger partial charge in [-0.3, -0.25) is 4.98 Å². The molecule has 0 amide bonds. The number of hydrogen-bond acceptors (Lipinski definition) is 4. The molecule has 1 rings (SSSR count). The van der Waals surface area contributed by atoms with Crippen molar-refractivity contribution in [3.8, 4) is 0 Å². The molecule has 0 aromatic carbocycles. The van der Waals surface area contributed by atoms with E-state index in [0.29, 0.717) is 0 Å². The fraction of sp³-hybridized carbons (Fsp3) is 0.545. The summed E-state index contributed by atoms with van der Waals surface area (Å²) in [5.41, 5.74) is 1.33. The van der Waals surface area contributed by atoms with Crippen LogP contribution >= 0.6 is 0 Å². The molecule has 0 aliphatic rings. The molecule has 1 aromatic heterocycles. The van der Waals surface area contributed by atoms with Crippen molar-refractivity contribution in [2.45, 2.75) is 33.1 Å². The maximum absolute atomic E-state index is 9.18. The third kappa shape index (κ3) is 6.75. The molecule has 90 valence electrons. The van der Waals surface area contributed by atoms with E-state index >= 15 is 0 Å². The largest absolute Gasteiger partial charge is 0.314 e. The average Bonchev–Trinajstić information content (AvgIpc) is 2.18. The zero-order valence-electron chi connectivity index (χ0n) is 10.1. The molecule has 0 saturated carbocycles. The molecule has 0 spiro atoms. The predicted molar refractivity (Wildman–Crippen MR) is 61.6 cm³/mol. The average molecular weight is 226 g/mol. The molecule has 5 nitrogen and oxygen atoms in total. The van der Waals surface area contributed by atoms with Crippen LogP contribution in [-0.2, 0) is 10.3 Å². The van der Waals surface area contributed by atoms with Crippen molar-refractivity contribution < 1.29 is 9.92 Å². The van der Waals surface area contributed by atoms with Crippen LogP contribution < -0.4 is 0 Å². The van der Waals surface area contributed by atoms with Crippen molar-refractivity contribution in [2.75, 3.05) is 6.61 Å². The molecular formula is C11H18N2O3. The molecule has 0 fully saturated rings. The Hall–Kier alpha value is -1.65. The predicted octanol–water partition coefficient (Wildman–Crippen LogP) is 2.59. The zero-order valence-corrected chi connectivity index (χ0v) is 10.1. The Labute approximate surface area is 95.6 Å². The number of pyridine rings is 1. The Balaban J connectivity index is 0.000000325. The van der Waals surface area contributed by atoms with E-state index in [1.165, 1.54) is 0 Å². The third-order valence-electron chi connectivity index (χ3n) is 1.67. The van der Waals surface area contributed by atoms with Gasteiger partial charge in [-0.05, 0) is 19.1 Å². The number of rotatable bonds is 2. The summed E-state index contributed by atoms with van der Waals surface area (Å²) in [6.07, 6.45) is 1.83. The minimum Gasteiger partial charge on any atom is -0.314 e. The second kappa shape index (κ2) is 6.76. The van der Waals surface area contributed by atoms with Gasteiger partial charge in [0.15, 0.2) is 0 Å². The zero-order chi connectivity index (χ0) is 12.6. The van der Waals surface area contributed by atoms with Gasteiger partial charge in [-0.15, -0.1) is 10.1 Å². The van der Waals surface area contributed by atoms with Crippen LogP contribution in [0, 0.1) is 10.1 Å². The number of hydrogen-bond donors (Lipinski definition) is 0. The lowest BCUT2D eigenvalue weighted by molar-refractivity contribution is -0.756. The van der Waals surface area contributed by atoms with Gasteiger partial charge in [-0.25, -0.2) is 0 Å². The molecule has 0 unspecified atom stereocenters. The van der Waals surface area contributed by atoms with Crippen LogP contribution in [0.1, 0.15) is 33.4 Å². The first-order valence-corrected chi connectivity index (χ1v) is 5.06. The first-order valence-electron chi connectivity index (χ1n) is 5.06. The van der Waals surface area contributed by atoms with Crippen LogP contribution in [0.4, 0.5) is 0 Å². The van der Waals surface area contributed by atoms with Crippen molar-refractivity contribution in [1.82, 2.24) is 4.98 Å². The molecule has 0 saturated heterocycles. The Kier molecular flexibility index (Phi) is 6.07. The highest BCUT2D eigenvalue weighted by atomic mass is 16.9. The summed E-state index contributed by atoms with van der Waals surface area (Å²) in [7, 11) is 0. The first-order chi connectivity index (χ1) is 7.38. The molecule has 0 aliphatic heterocycles. The molecule has 0 bridgehead atoms. The Bertz CT molecular complexity index is 307. The van der Waals surface area contributed by atoms with E-state index in [1.807, 2.05) is 18.3 Å². The molecule has 0 N–H and O–H groups in total. The highest BCUT2D eigenvalue weighted by Crippen LogP contribution is 2.18. The Morgan fingerprint density at radius 1 is 1.44 bits per heavy atom. The van der Waals surface area contributed by atoms with E-state index in [-0.39, 0.29) is 12.0 Å². The SMILES string of the molecule is CC(C)(C)c1ccccn1.CCO[N+](=O)[O-]. The lowest BCUT2D eigenvalue weighted by atomic mass is 9.92. The van der Waals surface area contributed by atoms with E-state index in [9.17, 15) is 10.1 Å². The summed E-state index contributed by atoms with van der Waals surface area (Å²) >= 11 is 0. The highest BCUT2D eigenvalue weighted by molar-refractivity contribution is 5.12. The van der Waals surface area contributed by atoms with Crippen LogP contribution in [0.25, 0.3) is 0 Å². The van der Waals surface area contributed by atoms with Crippen LogP contribution in [0.15, 0.2) is 24.4 Å². The number of nitrogens with zero attached hydrogens (tertiary/aromatic N) is 2. The summed E-state index contributed by atoms with van der Waals surface area (Å²) in [5.74, 6) is 0. The van der Waals surface area contributed by atoms with Crippen LogP contribution in [0.5, 0.6) is 0 Å². The standard InChI is InChI=1S/C9H13N.C2H5NO3/c1-9(2,3)8-6-4-5-7-10-8;1-2-6-3(4)5/h4-7H,1-3H3;2H2,1H3. The first kappa shape index (κ1) is 14.3. The van der Waals surface area contributed by atoms with Crippen LogP contribution in [0.2, 0.25) is 0 Å². The number of aromatic nitrogens is 1. The lowest BCUT2D eigenvalue weighted by Crippen LogP contribution is -2.12. The summed E-state index contributed by atoms with van der Waals surface area (Å²) < 4.78 is 0. The normalized spacial score (nSPS) is 10.0. The van der Waals surface area contributed by atoms with E-state index in [4.69, 9.17) is 0 Å². The topological polar surface area (TPSA) is 65.3 Å². The quantitative estimate of drug-likeness (QED) is 0.574. The minimum atomic E-state index is -0.819. The monoisotopic (exact) mass is 226 g/mol. The Morgan fingerprint density at radius 3 is 2.25 bits per heavy atom. The van der Waals surface area contributed by atoms with Gasteiger partial charge in [0, 0.05) is 17.3 Å². The highest BCUT2D eigenvalue weighted by Gasteiger charge is 2.13. The second-order valence-electron chi connectivity index (χ2n) is 4.11. The van der Waals surface area contributed by atoms with Crippen molar-refractivity contribution >= 4 is 0 Å². The fourth-order valence-corrected chi connectivity index (χ4v) is 0.912. The van der Waals surface area contributed by atoms with Crippen molar-refractivity contribution in [1.29, 1.82) is 0 Å². The van der Waals surface area contributed by atoms with Crippen LogP contribution in [0.3, 0.4) is 0 Å². The van der Waals surface area contributed by atoms with Gasteiger partial charge in [0.1, 0.15) is 0 Å². The molecule has 16 heavy (non-hydrogen) atoms. The summed E-state index contributed by atoms with van der Waals surface area (Å²) in [4.78, 5) is 17.2. The fourth-order valence-electron chi connectivity index (χ4n) is 0.912.